The molecule has 0 aromatic carbocycles. The second-order valence-electron chi connectivity index (χ2n) is 4.08. The van der Waals surface area contributed by atoms with Crippen LogP contribution in [0.2, 0.25) is 0 Å². The maximum absolute atomic E-state index is 5.67. The highest BCUT2D eigenvalue weighted by molar-refractivity contribution is 7.80. The number of anilines is 1. The molecule has 0 spiro atoms. The molecule has 0 unspecified atom stereocenters. The lowest BCUT2D eigenvalue weighted by molar-refractivity contribution is 0.490. The van der Waals surface area contributed by atoms with Crippen LogP contribution in [-0.4, -0.2) is 9.97 Å². The van der Waals surface area contributed by atoms with E-state index in [-0.39, 0.29) is 0 Å². The molecule has 5 heteroatoms. The molecule has 18 heavy (non-hydrogen) atoms. The fourth-order valence-electron chi connectivity index (χ4n) is 1.64. The Bertz CT molecular complexity index is 577. The van der Waals surface area contributed by atoms with Gasteiger partial charge in [0, 0.05) is 5.69 Å². The molecular formula is C13H15N3OS. The van der Waals surface area contributed by atoms with E-state index in [1.54, 1.807) is 0 Å². The van der Waals surface area contributed by atoms with Crippen molar-refractivity contribution in [2.24, 2.45) is 5.73 Å². The zero-order valence-electron chi connectivity index (χ0n) is 10.4. The Kier molecular flexibility index (Phi) is 3.62. The van der Waals surface area contributed by atoms with Crippen LogP contribution in [0.1, 0.15) is 22.8 Å². The minimum Gasteiger partial charge on any atom is -0.465 e. The van der Waals surface area contributed by atoms with Gasteiger partial charge in [0.1, 0.15) is 22.3 Å². The van der Waals surface area contributed by atoms with Crippen LogP contribution in [0.3, 0.4) is 0 Å². The third kappa shape index (κ3) is 2.87. The van der Waals surface area contributed by atoms with E-state index < -0.39 is 0 Å². The Labute approximate surface area is 111 Å². The van der Waals surface area contributed by atoms with Gasteiger partial charge in [-0.1, -0.05) is 12.2 Å². The van der Waals surface area contributed by atoms with Gasteiger partial charge in [-0.2, -0.15) is 0 Å². The number of hydrogen-bond acceptors (Lipinski definition) is 4. The van der Waals surface area contributed by atoms with Crippen LogP contribution in [0.15, 0.2) is 28.7 Å². The summed E-state index contributed by atoms with van der Waals surface area (Å²) >= 11 is 5.00. The molecule has 94 valence electrons. The highest BCUT2D eigenvalue weighted by atomic mass is 32.1. The number of furan rings is 1. The van der Waals surface area contributed by atoms with Gasteiger partial charge >= 0.3 is 0 Å². The van der Waals surface area contributed by atoms with Crippen LogP contribution in [0.4, 0.5) is 5.82 Å². The molecule has 2 heterocycles. The van der Waals surface area contributed by atoms with Gasteiger partial charge in [-0.15, -0.1) is 0 Å². The number of nitrogens with one attached hydrogen (secondary N) is 1. The molecule has 2 rings (SSSR count). The first-order valence-electron chi connectivity index (χ1n) is 5.63. The number of nitrogens with zero attached hydrogens (tertiary/aromatic N) is 1. The summed E-state index contributed by atoms with van der Waals surface area (Å²) in [5.41, 5.74) is 7.32. The van der Waals surface area contributed by atoms with E-state index in [2.05, 4.69) is 10.3 Å². The zero-order chi connectivity index (χ0) is 13.1. The largest absolute Gasteiger partial charge is 0.465 e. The van der Waals surface area contributed by atoms with Gasteiger partial charge in [0.05, 0.1) is 12.1 Å². The minimum absolute atomic E-state index is 0.334. The Morgan fingerprint density at radius 2 is 2.11 bits per heavy atom. The number of rotatable bonds is 4. The highest BCUT2D eigenvalue weighted by Crippen LogP contribution is 2.15. The van der Waals surface area contributed by atoms with E-state index in [0.717, 1.165) is 22.8 Å². The van der Waals surface area contributed by atoms with Crippen molar-refractivity contribution in [3.63, 3.8) is 0 Å². The number of aryl methyl sites for hydroxylation is 2. The lowest BCUT2D eigenvalue weighted by Gasteiger charge is -2.09. The second-order valence-corrected chi connectivity index (χ2v) is 4.52. The summed E-state index contributed by atoms with van der Waals surface area (Å²) in [4.78, 5) is 4.73. The summed E-state index contributed by atoms with van der Waals surface area (Å²) in [5, 5.41) is 3.19. The molecule has 0 fully saturated rings. The number of pyridine rings is 1. The van der Waals surface area contributed by atoms with Crippen LogP contribution in [-0.2, 0) is 6.54 Å². The van der Waals surface area contributed by atoms with E-state index in [9.17, 15) is 0 Å². The number of aromatic nitrogens is 1. The number of hydrogen-bond donors (Lipinski definition) is 2. The molecule has 0 aliphatic rings. The smallest absolute Gasteiger partial charge is 0.136 e. The Morgan fingerprint density at radius 1 is 1.33 bits per heavy atom. The van der Waals surface area contributed by atoms with E-state index in [1.807, 2.05) is 38.1 Å². The molecule has 0 aliphatic heterocycles. The zero-order valence-corrected chi connectivity index (χ0v) is 11.2. The van der Waals surface area contributed by atoms with Crippen molar-refractivity contribution in [2.75, 3.05) is 5.32 Å². The maximum atomic E-state index is 5.67. The SMILES string of the molecule is Cc1ccc(C(N)=S)c(NCc2ccc(C)o2)n1. The van der Waals surface area contributed by atoms with E-state index in [4.69, 9.17) is 22.4 Å². The van der Waals surface area contributed by atoms with Gasteiger partial charge in [0.15, 0.2) is 0 Å². The first-order valence-corrected chi connectivity index (χ1v) is 6.03. The fraction of sp³-hybridized carbons (Fsp3) is 0.231. The molecule has 4 nitrogen and oxygen atoms in total. The standard InChI is InChI=1S/C13H15N3OS/c1-8-3-6-11(12(14)18)13(16-8)15-7-10-5-4-9(2)17-10/h3-6H,7H2,1-2H3,(H2,14,18)(H,15,16). The monoisotopic (exact) mass is 261 g/mol. The molecule has 0 radical (unpaired) electrons. The van der Waals surface area contributed by atoms with Crippen LogP contribution in [0, 0.1) is 13.8 Å². The molecule has 2 aromatic rings. The normalized spacial score (nSPS) is 10.3. The van der Waals surface area contributed by atoms with E-state index in [1.165, 1.54) is 0 Å². The highest BCUT2D eigenvalue weighted by Gasteiger charge is 2.07. The molecule has 0 atom stereocenters. The van der Waals surface area contributed by atoms with Gasteiger partial charge in [0.2, 0.25) is 0 Å². The van der Waals surface area contributed by atoms with E-state index in [0.29, 0.717) is 17.4 Å². The second kappa shape index (κ2) is 5.18. The predicted octanol–water partition coefficient (Wildman–Crippen LogP) is 2.54. The van der Waals surface area contributed by atoms with Gasteiger partial charge < -0.3 is 15.5 Å². The quantitative estimate of drug-likeness (QED) is 0.828. The average Bonchev–Trinajstić information content (AvgIpc) is 2.72. The summed E-state index contributed by atoms with van der Waals surface area (Å²) in [7, 11) is 0. The molecule has 0 bridgehead atoms. The molecule has 0 saturated heterocycles. The van der Waals surface area contributed by atoms with Crippen LogP contribution in [0.25, 0.3) is 0 Å². The first kappa shape index (κ1) is 12.6. The van der Waals surface area contributed by atoms with Crippen LogP contribution < -0.4 is 11.1 Å². The fourth-order valence-corrected chi connectivity index (χ4v) is 1.81. The van der Waals surface area contributed by atoms with Crippen molar-refractivity contribution in [3.05, 3.63) is 47.0 Å². The predicted molar refractivity (Wildman–Crippen MR) is 75.6 cm³/mol. The Balaban J connectivity index is 2.17. The molecule has 0 saturated carbocycles. The summed E-state index contributed by atoms with van der Waals surface area (Å²) in [6, 6.07) is 7.62. The van der Waals surface area contributed by atoms with Crippen molar-refractivity contribution in [2.45, 2.75) is 20.4 Å². The Morgan fingerprint density at radius 3 is 2.72 bits per heavy atom. The van der Waals surface area contributed by atoms with E-state index >= 15 is 0 Å². The number of thiocarbonyl (C=S) groups is 1. The molecule has 0 aliphatic carbocycles. The third-order valence-electron chi connectivity index (χ3n) is 2.53. The topological polar surface area (TPSA) is 64.1 Å². The van der Waals surface area contributed by atoms with Gasteiger partial charge in [-0.05, 0) is 38.1 Å². The number of nitrogens with two attached hydrogens (primary N) is 1. The van der Waals surface area contributed by atoms with Gasteiger partial charge in [-0.25, -0.2) is 4.98 Å². The third-order valence-corrected chi connectivity index (χ3v) is 2.75. The van der Waals surface area contributed by atoms with Crippen molar-refractivity contribution < 1.29 is 4.42 Å². The van der Waals surface area contributed by atoms with Crippen molar-refractivity contribution in [1.29, 1.82) is 0 Å². The van der Waals surface area contributed by atoms with Gasteiger partial charge in [0.25, 0.3) is 0 Å². The Hall–Kier alpha value is -1.88. The minimum atomic E-state index is 0.334. The average molecular weight is 261 g/mol. The van der Waals surface area contributed by atoms with Crippen molar-refractivity contribution in [1.82, 2.24) is 4.98 Å². The summed E-state index contributed by atoms with van der Waals surface area (Å²) in [5.74, 6) is 2.43. The van der Waals surface area contributed by atoms with Crippen LogP contribution in [0.5, 0.6) is 0 Å². The lowest BCUT2D eigenvalue weighted by Crippen LogP contribution is -2.14. The molecular weight excluding hydrogens is 246 g/mol. The summed E-state index contributed by atoms with van der Waals surface area (Å²) in [6.07, 6.45) is 0. The van der Waals surface area contributed by atoms with Crippen molar-refractivity contribution >= 4 is 23.0 Å². The summed E-state index contributed by atoms with van der Waals surface area (Å²) < 4.78 is 5.48. The molecule has 0 amide bonds. The molecule has 2 aromatic heterocycles. The van der Waals surface area contributed by atoms with Crippen molar-refractivity contribution in [3.8, 4) is 0 Å². The molecule has 3 N–H and O–H groups in total. The first-order chi connectivity index (χ1) is 8.56. The van der Waals surface area contributed by atoms with Gasteiger partial charge in [-0.3, -0.25) is 0 Å². The maximum Gasteiger partial charge on any atom is 0.136 e. The van der Waals surface area contributed by atoms with Crippen LogP contribution >= 0.6 is 12.2 Å². The summed E-state index contributed by atoms with van der Waals surface area (Å²) in [6.45, 7) is 4.39. The lowest BCUT2D eigenvalue weighted by atomic mass is 10.2.